The number of carbonyl (C=O) groups is 1. The molecular weight excluding hydrogens is 122 g/mol. The van der Waals surface area contributed by atoms with Crippen LogP contribution in [0.25, 0.3) is 0 Å². The number of carbonyl (C=O) groups excluding carboxylic acids is 1. The molecule has 2 nitrogen and oxygen atoms in total. The van der Waals surface area contributed by atoms with E-state index >= 15 is 0 Å². The highest BCUT2D eigenvalue weighted by atomic mass is 32.1. The maximum atomic E-state index is 10.0. The summed E-state index contributed by atoms with van der Waals surface area (Å²) >= 11 is 4.24. The fraction of sp³-hybridized carbons (Fsp3) is 0.800. The van der Waals surface area contributed by atoms with Gasteiger partial charge in [-0.3, -0.25) is 0 Å². The molecule has 8 heavy (non-hydrogen) atoms. The van der Waals surface area contributed by atoms with Crippen molar-refractivity contribution in [3.63, 3.8) is 0 Å². The molecule has 0 fully saturated rings. The van der Waals surface area contributed by atoms with Crippen LogP contribution in [0.5, 0.6) is 0 Å². The Labute approximate surface area is 55.1 Å². The van der Waals surface area contributed by atoms with Gasteiger partial charge in [0.1, 0.15) is 0 Å². The predicted octanol–water partition coefficient (Wildman–Crippen LogP) is 1.04. The summed E-state index contributed by atoms with van der Waals surface area (Å²) in [6, 6.07) is 0. The van der Waals surface area contributed by atoms with Crippen LogP contribution in [0.15, 0.2) is 0 Å². The number of rotatable bonds is 3. The Morgan fingerprint density at radius 3 is 2.75 bits per heavy atom. The number of hydrogen-bond acceptors (Lipinski definition) is 2. The van der Waals surface area contributed by atoms with E-state index in [1.54, 1.807) is 0 Å². The number of unbranched alkanes of at least 4 members (excludes halogenated alkanes) is 1. The van der Waals surface area contributed by atoms with E-state index in [1.165, 1.54) is 0 Å². The third-order valence-electron chi connectivity index (χ3n) is 0.800. The Bertz CT molecular complexity index is 74.8. The maximum Gasteiger partial charge on any atom is 0.0980 e. The van der Waals surface area contributed by atoms with Crippen LogP contribution in [0.1, 0.15) is 19.8 Å². The first-order valence-electron chi connectivity index (χ1n) is 2.72. The first-order valence-corrected chi connectivity index (χ1v) is 3.13. The molecule has 0 saturated heterocycles. The number of amides is 1. The quantitative estimate of drug-likeness (QED) is 0.459. The van der Waals surface area contributed by atoms with E-state index in [4.69, 9.17) is 0 Å². The molecule has 0 saturated carbocycles. The van der Waals surface area contributed by atoms with Crippen molar-refractivity contribution in [3.05, 3.63) is 0 Å². The van der Waals surface area contributed by atoms with Gasteiger partial charge in [0.25, 0.3) is 0 Å². The molecule has 0 unspecified atom stereocenters. The number of hydrogen-bond donors (Lipinski definition) is 1. The van der Waals surface area contributed by atoms with Crippen molar-refractivity contribution < 1.29 is 4.79 Å². The SMILES string of the molecule is CCCCNC(=O)[S-]. The van der Waals surface area contributed by atoms with Crippen molar-refractivity contribution in [2.45, 2.75) is 19.8 Å². The highest BCUT2D eigenvalue weighted by molar-refractivity contribution is 7.76. The minimum Gasteiger partial charge on any atom is -0.719 e. The van der Waals surface area contributed by atoms with Gasteiger partial charge < -0.3 is 22.7 Å². The van der Waals surface area contributed by atoms with Gasteiger partial charge in [-0.25, -0.2) is 0 Å². The topological polar surface area (TPSA) is 29.1 Å². The summed E-state index contributed by atoms with van der Waals surface area (Å²) in [7, 11) is 0. The summed E-state index contributed by atoms with van der Waals surface area (Å²) < 4.78 is 0. The molecule has 3 heteroatoms. The molecule has 0 rings (SSSR count). The van der Waals surface area contributed by atoms with Crippen LogP contribution in [0.2, 0.25) is 0 Å². The monoisotopic (exact) mass is 132 g/mol. The average Bonchev–Trinajstić information content (AvgIpc) is 1.66. The van der Waals surface area contributed by atoms with Gasteiger partial charge in [-0.05, 0) is 6.42 Å². The Kier molecular flexibility index (Phi) is 4.65. The Morgan fingerprint density at radius 1 is 1.75 bits per heavy atom. The zero-order valence-corrected chi connectivity index (χ0v) is 5.75. The molecule has 0 aromatic carbocycles. The average molecular weight is 132 g/mol. The minimum atomic E-state index is -0.349. The van der Waals surface area contributed by atoms with Crippen molar-refractivity contribution in [2.24, 2.45) is 0 Å². The van der Waals surface area contributed by atoms with Crippen LogP contribution in [0.4, 0.5) is 4.79 Å². The molecule has 48 valence electrons. The highest BCUT2D eigenvalue weighted by Crippen LogP contribution is 1.81. The molecule has 0 aliphatic carbocycles. The van der Waals surface area contributed by atoms with Gasteiger partial charge >= 0.3 is 0 Å². The summed E-state index contributed by atoms with van der Waals surface area (Å²) in [6.07, 6.45) is 2.11. The molecule has 0 heterocycles. The van der Waals surface area contributed by atoms with Gasteiger partial charge in [-0.2, -0.15) is 0 Å². The zero-order valence-electron chi connectivity index (χ0n) is 4.94. The highest BCUT2D eigenvalue weighted by Gasteiger charge is 1.79. The van der Waals surface area contributed by atoms with Crippen LogP contribution in [-0.4, -0.2) is 11.8 Å². The second kappa shape index (κ2) is 4.84. The van der Waals surface area contributed by atoms with E-state index in [0.29, 0.717) is 0 Å². The molecule has 1 N–H and O–H groups in total. The second-order valence-electron chi connectivity index (χ2n) is 1.57. The Morgan fingerprint density at radius 2 is 2.38 bits per heavy atom. The zero-order chi connectivity index (χ0) is 6.41. The predicted molar refractivity (Wildman–Crippen MR) is 35.7 cm³/mol. The molecule has 1 amide bonds. The van der Waals surface area contributed by atoms with E-state index in [0.717, 1.165) is 19.4 Å². The maximum absolute atomic E-state index is 10.0. The molecule has 0 aliphatic rings. The van der Waals surface area contributed by atoms with Crippen LogP contribution >= 0.6 is 0 Å². The Hall–Kier alpha value is -0.310. The molecule has 0 aromatic rings. The summed E-state index contributed by atoms with van der Waals surface area (Å²) in [5.74, 6) is 0. The molecular formula is C5H10NOS-. The van der Waals surface area contributed by atoms with E-state index in [-0.39, 0.29) is 5.24 Å². The fourth-order valence-electron chi connectivity index (χ4n) is 0.367. The minimum absolute atomic E-state index is 0.349. The lowest BCUT2D eigenvalue weighted by atomic mass is 10.3. The molecule has 0 bridgehead atoms. The molecule has 0 spiro atoms. The lowest BCUT2D eigenvalue weighted by molar-refractivity contribution is 0.261. The van der Waals surface area contributed by atoms with Crippen LogP contribution in [0.3, 0.4) is 0 Å². The normalized spacial score (nSPS) is 8.62. The first-order chi connectivity index (χ1) is 3.77. The second-order valence-corrected chi connectivity index (χ2v) is 1.94. The van der Waals surface area contributed by atoms with Gasteiger partial charge in [0.05, 0.1) is 5.24 Å². The van der Waals surface area contributed by atoms with Gasteiger partial charge in [-0.1, -0.05) is 13.3 Å². The van der Waals surface area contributed by atoms with Gasteiger partial charge in [-0.15, -0.1) is 0 Å². The van der Waals surface area contributed by atoms with Gasteiger partial charge in [0.2, 0.25) is 0 Å². The van der Waals surface area contributed by atoms with Gasteiger partial charge in [0, 0.05) is 6.54 Å². The summed E-state index contributed by atoms with van der Waals surface area (Å²) in [5.41, 5.74) is 0. The lowest BCUT2D eigenvalue weighted by Crippen LogP contribution is -2.19. The molecule has 0 radical (unpaired) electrons. The van der Waals surface area contributed by atoms with Crippen molar-refractivity contribution in [2.75, 3.05) is 6.54 Å². The lowest BCUT2D eigenvalue weighted by Gasteiger charge is -2.04. The van der Waals surface area contributed by atoms with E-state index in [1.807, 2.05) is 0 Å². The van der Waals surface area contributed by atoms with E-state index in [2.05, 4.69) is 24.9 Å². The summed E-state index contributed by atoms with van der Waals surface area (Å²) in [4.78, 5) is 10.0. The largest absolute Gasteiger partial charge is 0.719 e. The molecule has 0 aromatic heterocycles. The molecule has 0 atom stereocenters. The molecule has 0 aliphatic heterocycles. The summed E-state index contributed by atoms with van der Waals surface area (Å²) in [5, 5.41) is 2.17. The van der Waals surface area contributed by atoms with E-state index in [9.17, 15) is 4.79 Å². The van der Waals surface area contributed by atoms with Gasteiger partial charge in [0.15, 0.2) is 0 Å². The smallest absolute Gasteiger partial charge is 0.0980 e. The third-order valence-corrected chi connectivity index (χ3v) is 0.944. The standard InChI is InChI=1S/C5H11NOS/c1-2-3-4-6-5(7)8/h2-4H2,1H3,(H2,6,7,8)/p-1. The van der Waals surface area contributed by atoms with Crippen molar-refractivity contribution >= 4 is 17.9 Å². The Balaban J connectivity index is 2.82. The van der Waals surface area contributed by atoms with E-state index < -0.39 is 0 Å². The fourth-order valence-corrected chi connectivity index (χ4v) is 0.469. The third kappa shape index (κ3) is 5.69. The van der Waals surface area contributed by atoms with Crippen LogP contribution in [-0.2, 0) is 12.6 Å². The van der Waals surface area contributed by atoms with Crippen LogP contribution in [0, 0.1) is 0 Å². The van der Waals surface area contributed by atoms with Crippen LogP contribution < -0.4 is 5.32 Å². The summed E-state index contributed by atoms with van der Waals surface area (Å²) in [6.45, 7) is 2.79. The first kappa shape index (κ1) is 7.69. The van der Waals surface area contributed by atoms with Crippen molar-refractivity contribution in [3.8, 4) is 0 Å². The number of nitrogens with one attached hydrogen (secondary N) is 1. The van der Waals surface area contributed by atoms with Crippen molar-refractivity contribution in [1.29, 1.82) is 0 Å². The van der Waals surface area contributed by atoms with Crippen molar-refractivity contribution in [1.82, 2.24) is 5.32 Å².